The molecule has 0 saturated carbocycles. The zero-order valence-corrected chi connectivity index (χ0v) is 102. The van der Waals surface area contributed by atoms with E-state index in [0.29, 0.717) is 35.6 Å². The summed E-state index contributed by atoms with van der Waals surface area (Å²) in [6.07, 6.45) is 63.2. The Morgan fingerprint density at radius 1 is 0.226 bits per heavy atom. The van der Waals surface area contributed by atoms with Gasteiger partial charge in [0.05, 0.1) is 39.6 Å². The highest BCUT2D eigenvalue weighted by Gasteiger charge is 2.55. The fourth-order valence-electron chi connectivity index (χ4n) is 28.4. The standard InChI is InChI=1S/C122H236N18O6/c1-33-41-47-53-61-69-79-141-135-111(9,10)85-97(86-112(135,11)12)103(75-39-7)125-107-127-105(123-99-89-115(17,18)137(116(19,20)90-99)143-81-71-63-55-49-43-35-3)129-109(131-107)133(101-93-119(25,26)139(120(27,28)94-101)145-83-73-65-57-51-45-37-5)77-67-59-60-68-78-134(102-95-121(29,30)140(122(31,32)96-102)146-84-74-66-58-52-46-38-6)110-130-106(124-100-91-117(21,22)138(118(23,24)92-100)144-82-72-64-56-50-44-36-4)128-108(132-110)126-104(76-40-8)98-87-113(13,14)136(114(15,16)88-98)142-80-70-62-54-48-42-34-2/h97-104H,33-96H2,1-32H3,(H2,123,125,127,129,131)(H2,124,126,128,130,132). The summed E-state index contributed by atoms with van der Waals surface area (Å²) < 4.78 is 0. The van der Waals surface area contributed by atoms with E-state index in [9.17, 15) is 0 Å². The van der Waals surface area contributed by atoms with Gasteiger partial charge in [0.15, 0.2) is 0 Å². The van der Waals surface area contributed by atoms with E-state index in [1.165, 1.54) is 193 Å². The number of hydrogen-bond donors (Lipinski definition) is 4. The van der Waals surface area contributed by atoms with Gasteiger partial charge in [-0.15, -0.1) is 0 Å². The van der Waals surface area contributed by atoms with Crippen LogP contribution in [0.4, 0.5) is 35.7 Å². The van der Waals surface area contributed by atoms with E-state index in [1.54, 1.807) is 0 Å². The zero-order chi connectivity index (χ0) is 107. The van der Waals surface area contributed by atoms with E-state index in [1.807, 2.05) is 0 Å². The molecule has 6 saturated heterocycles. The molecule has 6 aliphatic rings. The predicted molar refractivity (Wildman–Crippen MR) is 618 cm³/mol. The molecule has 0 bridgehead atoms. The summed E-state index contributed by atoms with van der Waals surface area (Å²) in [5, 5.41) is 31.0. The van der Waals surface area contributed by atoms with Crippen molar-refractivity contribution in [2.75, 3.05) is 83.8 Å². The van der Waals surface area contributed by atoms with Gasteiger partial charge in [-0.3, -0.25) is 29.0 Å². The van der Waals surface area contributed by atoms with Crippen molar-refractivity contribution < 1.29 is 29.0 Å². The van der Waals surface area contributed by atoms with Gasteiger partial charge in [0.1, 0.15) is 0 Å². The average molecular weight is 2050 g/mol. The second-order valence-corrected chi connectivity index (χ2v) is 54.5. The van der Waals surface area contributed by atoms with Crippen LogP contribution in [0.2, 0.25) is 0 Å². The molecule has 8 heterocycles. The van der Waals surface area contributed by atoms with Crippen molar-refractivity contribution in [2.45, 2.75) is 684 Å². The number of hydroxylamine groups is 12. The summed E-state index contributed by atoms with van der Waals surface area (Å²) in [6.45, 7) is 82.3. The molecule has 0 amide bonds. The van der Waals surface area contributed by atoms with Crippen LogP contribution in [0, 0.1) is 11.8 Å². The van der Waals surface area contributed by atoms with Crippen LogP contribution < -0.4 is 31.1 Å². The van der Waals surface area contributed by atoms with Gasteiger partial charge in [-0.25, -0.2) is 0 Å². The van der Waals surface area contributed by atoms with E-state index in [-0.39, 0.29) is 103 Å². The maximum atomic E-state index is 7.11. The van der Waals surface area contributed by atoms with Crippen molar-refractivity contribution in [1.82, 2.24) is 60.3 Å². The molecule has 6 aliphatic heterocycles. The molecule has 2 aromatic heterocycles. The van der Waals surface area contributed by atoms with Crippen molar-refractivity contribution in [1.29, 1.82) is 0 Å². The van der Waals surface area contributed by atoms with Crippen LogP contribution in [0.1, 0.15) is 581 Å². The summed E-state index contributed by atoms with van der Waals surface area (Å²) in [7, 11) is 0. The van der Waals surface area contributed by atoms with Crippen LogP contribution >= 0.6 is 0 Å². The number of unbranched alkanes of at least 4 members (excludes halogenated alkanes) is 33. The summed E-state index contributed by atoms with van der Waals surface area (Å²) in [5.41, 5.74) is -3.18. The van der Waals surface area contributed by atoms with Crippen molar-refractivity contribution in [3.63, 3.8) is 0 Å². The second-order valence-electron chi connectivity index (χ2n) is 54.5. The van der Waals surface area contributed by atoms with Crippen LogP contribution in [-0.2, 0) is 29.0 Å². The lowest BCUT2D eigenvalue weighted by atomic mass is 9.71. The first-order valence-corrected chi connectivity index (χ1v) is 61.7. The minimum Gasteiger partial charge on any atom is -0.351 e. The number of hydrogen-bond acceptors (Lipinski definition) is 24. The molecule has 850 valence electrons. The fourth-order valence-corrected chi connectivity index (χ4v) is 28.4. The molecular weight excluding hydrogens is 1810 g/mol. The second kappa shape index (κ2) is 60.6. The van der Waals surface area contributed by atoms with Gasteiger partial charge >= 0.3 is 0 Å². The fraction of sp³-hybridized carbons (Fsp3) is 0.951. The highest BCUT2D eigenvalue weighted by Crippen LogP contribution is 2.51. The number of anilines is 6. The summed E-state index contributed by atoms with van der Waals surface area (Å²) in [4.78, 5) is 82.0. The smallest absolute Gasteiger partial charge is 0.232 e. The van der Waals surface area contributed by atoms with E-state index < -0.39 is 0 Å². The Kier molecular flexibility index (Phi) is 52.9. The maximum absolute atomic E-state index is 7.11. The van der Waals surface area contributed by atoms with Gasteiger partial charge in [0, 0.05) is 116 Å². The Morgan fingerprint density at radius 3 is 0.623 bits per heavy atom. The lowest BCUT2D eigenvalue weighted by molar-refractivity contribution is -0.289. The minimum atomic E-state index is -0.317. The van der Waals surface area contributed by atoms with Gasteiger partial charge in [0.2, 0.25) is 35.7 Å². The van der Waals surface area contributed by atoms with Gasteiger partial charge in [-0.05, 0) is 319 Å². The molecule has 0 spiro atoms. The molecule has 0 radical (unpaired) electrons. The number of aromatic nitrogens is 6. The Bertz CT molecular complexity index is 3540. The molecule has 8 rings (SSSR count). The summed E-state index contributed by atoms with van der Waals surface area (Å²) in [5.74, 6) is 4.76. The third kappa shape index (κ3) is 39.9. The lowest BCUT2D eigenvalue weighted by Crippen LogP contribution is -2.64. The number of nitrogens with zero attached hydrogens (tertiary/aromatic N) is 14. The van der Waals surface area contributed by atoms with Gasteiger partial charge in [-0.1, -0.05) is 274 Å². The van der Waals surface area contributed by atoms with Gasteiger partial charge in [-0.2, -0.15) is 60.3 Å². The van der Waals surface area contributed by atoms with Crippen molar-refractivity contribution >= 4 is 35.7 Å². The highest BCUT2D eigenvalue weighted by atomic mass is 16.7. The molecule has 24 nitrogen and oxygen atoms in total. The molecule has 0 aromatic carbocycles. The molecule has 2 atom stereocenters. The van der Waals surface area contributed by atoms with Gasteiger partial charge in [0.25, 0.3) is 0 Å². The number of rotatable bonds is 73. The zero-order valence-electron chi connectivity index (χ0n) is 102. The molecule has 4 N–H and O–H groups in total. The SMILES string of the molecule is CCCCCCCCON1C(C)(C)CC(Nc2nc(NC(CCC)C3CC(C)(C)N(OCCCCCCCC)C(C)(C)C3)nc(N(CCCCCCN(c3nc(NC4CC(C)(C)N(OCCCCCCCC)C(C)(C)C4)nc(NC(CCC)C4CC(C)(C)N(OCCCCCCCC)C(C)(C)C4)n3)C3CC(C)(C)N(OCCCCCCCC)C(C)(C)C3)C3CC(C)(C)N(OCCCCCCCC)C(C)(C)C3)n2)CC1(C)C. The first-order chi connectivity index (χ1) is 69.0. The van der Waals surface area contributed by atoms with Crippen LogP contribution in [0.5, 0.6) is 0 Å². The van der Waals surface area contributed by atoms with Crippen molar-refractivity contribution in [3.05, 3.63) is 0 Å². The third-order valence-corrected chi connectivity index (χ3v) is 33.7. The summed E-state index contributed by atoms with van der Waals surface area (Å²) in [6, 6.07) is 0.505. The van der Waals surface area contributed by atoms with E-state index in [0.717, 1.165) is 232 Å². The topological polar surface area (TPSA) is 207 Å². The Morgan fingerprint density at radius 2 is 0.411 bits per heavy atom. The first-order valence-electron chi connectivity index (χ1n) is 61.7. The van der Waals surface area contributed by atoms with Gasteiger partial charge < -0.3 is 31.1 Å². The molecule has 2 aromatic rings. The Balaban J connectivity index is 1.21. The van der Waals surface area contributed by atoms with Crippen LogP contribution in [0.15, 0.2) is 0 Å². The first kappa shape index (κ1) is 127. The van der Waals surface area contributed by atoms with E-state index in [4.69, 9.17) is 58.9 Å². The molecule has 2 unspecified atom stereocenters. The summed E-state index contributed by atoms with van der Waals surface area (Å²) >= 11 is 0. The van der Waals surface area contributed by atoms with Crippen LogP contribution in [0.3, 0.4) is 0 Å². The molecule has 6 fully saturated rings. The van der Waals surface area contributed by atoms with E-state index in [2.05, 4.69) is 283 Å². The monoisotopic (exact) mass is 2050 g/mol. The number of nitrogens with one attached hydrogen (secondary N) is 4. The van der Waals surface area contributed by atoms with Crippen LogP contribution in [0.25, 0.3) is 0 Å². The van der Waals surface area contributed by atoms with Crippen LogP contribution in [-0.4, -0.2) is 216 Å². The minimum absolute atomic E-state index is 0.0644. The Labute approximate surface area is 899 Å². The third-order valence-electron chi connectivity index (χ3n) is 33.7. The average Bonchev–Trinajstić information content (AvgIpc) is 0.782. The highest BCUT2D eigenvalue weighted by molar-refractivity contribution is 5.48. The molecule has 0 aliphatic carbocycles. The normalized spacial score (nSPS) is 22.0. The molecule has 146 heavy (non-hydrogen) atoms. The van der Waals surface area contributed by atoms with Crippen molar-refractivity contribution in [2.24, 2.45) is 11.8 Å². The molecular formula is C122H236N18O6. The Hall–Kier alpha value is -3.66. The van der Waals surface area contributed by atoms with E-state index >= 15 is 0 Å². The lowest BCUT2D eigenvalue weighted by Gasteiger charge is -2.55. The number of piperidine rings is 6. The predicted octanol–water partition coefficient (Wildman–Crippen LogP) is 32.3. The quantitative estimate of drug-likeness (QED) is 0.0454. The maximum Gasteiger partial charge on any atom is 0.232 e. The van der Waals surface area contributed by atoms with Crippen molar-refractivity contribution in [3.8, 4) is 0 Å². The largest absolute Gasteiger partial charge is 0.351 e. The molecule has 24 heteroatoms.